The third kappa shape index (κ3) is 7.13. The molecule has 2 N–H and O–H groups in total. The maximum atomic E-state index is 13.1. The van der Waals surface area contributed by atoms with Crippen LogP contribution in [0.25, 0.3) is 16.8 Å². The van der Waals surface area contributed by atoms with E-state index in [-0.39, 0.29) is 25.0 Å². The molecule has 1 aliphatic rings. The highest BCUT2D eigenvalue weighted by atomic mass is 16.8. The summed E-state index contributed by atoms with van der Waals surface area (Å²) in [5.41, 5.74) is 4.05. The molecule has 200 valence electrons. The summed E-state index contributed by atoms with van der Waals surface area (Å²) in [7, 11) is 0. The van der Waals surface area contributed by atoms with Crippen LogP contribution in [-0.2, 0) is 20.9 Å². The van der Waals surface area contributed by atoms with Crippen LogP contribution in [0.4, 0.5) is 0 Å². The second-order valence-electron chi connectivity index (χ2n) is 9.16. The standard InChI is InChI=1S/C31H30N2O6/c34-30(32-20-26-9-6-18-36-26)25(21-38-28-11-5-8-23-7-1-2-10-27(23)28)19-22-13-15-24(16-14-22)31(35)33-39-29-12-3-4-17-37-29/h1-2,5-11,13-16,18-19,29H,3-4,12,17,20-21H2,(H,32,34)(H,33,35). The zero-order valence-electron chi connectivity index (χ0n) is 21.4. The zero-order valence-corrected chi connectivity index (χ0v) is 21.4. The number of rotatable bonds is 10. The van der Waals surface area contributed by atoms with E-state index in [2.05, 4.69) is 10.8 Å². The van der Waals surface area contributed by atoms with Gasteiger partial charge in [-0.2, -0.15) is 0 Å². The van der Waals surface area contributed by atoms with Crippen molar-refractivity contribution >= 4 is 28.7 Å². The van der Waals surface area contributed by atoms with Gasteiger partial charge in [-0.3, -0.25) is 9.59 Å². The molecule has 0 radical (unpaired) electrons. The smallest absolute Gasteiger partial charge is 0.274 e. The fraction of sp³-hybridized carbons (Fsp3) is 0.226. The summed E-state index contributed by atoms with van der Waals surface area (Å²) in [4.78, 5) is 31.0. The Bertz CT molecular complexity index is 1420. The number of fused-ring (bicyclic) bond motifs is 1. The Hall–Kier alpha value is -4.40. The maximum Gasteiger partial charge on any atom is 0.274 e. The van der Waals surface area contributed by atoms with Crippen molar-refractivity contribution in [2.75, 3.05) is 13.2 Å². The Labute approximate surface area is 226 Å². The molecule has 39 heavy (non-hydrogen) atoms. The summed E-state index contributed by atoms with van der Waals surface area (Å²) in [6.07, 6.45) is 5.63. The predicted octanol–water partition coefficient (Wildman–Crippen LogP) is 5.40. The first-order valence-electron chi connectivity index (χ1n) is 12.9. The van der Waals surface area contributed by atoms with Crippen molar-refractivity contribution in [2.45, 2.75) is 32.1 Å². The van der Waals surface area contributed by atoms with Gasteiger partial charge in [0.25, 0.3) is 11.8 Å². The fourth-order valence-corrected chi connectivity index (χ4v) is 4.26. The van der Waals surface area contributed by atoms with Gasteiger partial charge in [-0.15, -0.1) is 0 Å². The highest BCUT2D eigenvalue weighted by molar-refractivity contribution is 5.98. The molecule has 0 bridgehead atoms. The number of carbonyl (C=O) groups excluding carboxylic acids is 2. The average Bonchev–Trinajstić information content (AvgIpc) is 3.51. The number of hydrogen-bond acceptors (Lipinski definition) is 6. The van der Waals surface area contributed by atoms with Crippen LogP contribution in [0.2, 0.25) is 0 Å². The molecule has 1 aliphatic heterocycles. The van der Waals surface area contributed by atoms with Gasteiger partial charge in [-0.1, -0.05) is 48.5 Å². The van der Waals surface area contributed by atoms with Gasteiger partial charge in [0.15, 0.2) is 6.29 Å². The molecule has 3 aromatic carbocycles. The van der Waals surface area contributed by atoms with Gasteiger partial charge in [0.2, 0.25) is 0 Å². The Balaban J connectivity index is 1.29. The number of nitrogens with one attached hydrogen (secondary N) is 2. The molecule has 5 rings (SSSR count). The Morgan fingerprint density at radius 2 is 1.79 bits per heavy atom. The van der Waals surface area contributed by atoms with Crippen molar-refractivity contribution in [2.24, 2.45) is 0 Å². The first-order chi connectivity index (χ1) is 19.2. The molecule has 1 unspecified atom stereocenters. The number of ether oxygens (including phenoxy) is 2. The predicted molar refractivity (Wildman–Crippen MR) is 147 cm³/mol. The van der Waals surface area contributed by atoms with E-state index in [1.54, 1.807) is 48.7 Å². The molecule has 0 saturated carbocycles. The summed E-state index contributed by atoms with van der Waals surface area (Å²) < 4.78 is 16.9. The minimum absolute atomic E-state index is 0.0511. The van der Waals surface area contributed by atoms with Crippen LogP contribution in [0.5, 0.6) is 5.75 Å². The lowest BCUT2D eigenvalue weighted by Crippen LogP contribution is -2.33. The lowest BCUT2D eigenvalue weighted by molar-refractivity contribution is -0.186. The maximum absolute atomic E-state index is 13.1. The van der Waals surface area contributed by atoms with Gasteiger partial charge in [0.05, 0.1) is 18.4 Å². The van der Waals surface area contributed by atoms with E-state index in [4.69, 9.17) is 18.7 Å². The molecule has 1 aromatic heterocycles. The Kier molecular flexibility index (Phi) is 8.68. The number of hydrogen-bond donors (Lipinski definition) is 2. The minimum Gasteiger partial charge on any atom is -0.488 e. The third-order valence-corrected chi connectivity index (χ3v) is 6.36. The molecule has 0 aliphatic carbocycles. The van der Waals surface area contributed by atoms with Gasteiger partial charge in [-0.25, -0.2) is 10.3 Å². The van der Waals surface area contributed by atoms with Crippen LogP contribution >= 0.6 is 0 Å². The van der Waals surface area contributed by atoms with Crippen LogP contribution in [0, 0.1) is 0 Å². The molecule has 2 amide bonds. The highest BCUT2D eigenvalue weighted by Crippen LogP contribution is 2.26. The lowest BCUT2D eigenvalue weighted by atomic mass is 10.1. The van der Waals surface area contributed by atoms with Crippen molar-refractivity contribution < 1.29 is 28.3 Å². The van der Waals surface area contributed by atoms with Gasteiger partial charge >= 0.3 is 0 Å². The highest BCUT2D eigenvalue weighted by Gasteiger charge is 2.17. The summed E-state index contributed by atoms with van der Waals surface area (Å²) in [6, 6.07) is 24.2. The van der Waals surface area contributed by atoms with Crippen LogP contribution < -0.4 is 15.5 Å². The Morgan fingerprint density at radius 3 is 2.59 bits per heavy atom. The van der Waals surface area contributed by atoms with Crippen LogP contribution in [0.1, 0.15) is 40.9 Å². The largest absolute Gasteiger partial charge is 0.488 e. The fourth-order valence-electron chi connectivity index (χ4n) is 4.26. The normalized spacial score (nSPS) is 15.6. The van der Waals surface area contributed by atoms with Crippen molar-refractivity contribution in [1.29, 1.82) is 0 Å². The van der Waals surface area contributed by atoms with E-state index >= 15 is 0 Å². The van der Waals surface area contributed by atoms with E-state index in [0.717, 1.165) is 35.6 Å². The van der Waals surface area contributed by atoms with Gasteiger partial charge in [-0.05, 0) is 60.2 Å². The Morgan fingerprint density at radius 1 is 0.949 bits per heavy atom. The summed E-state index contributed by atoms with van der Waals surface area (Å²) in [5, 5.41) is 4.90. The average molecular weight is 527 g/mol. The zero-order chi connectivity index (χ0) is 26.9. The second-order valence-corrected chi connectivity index (χ2v) is 9.16. The molecular weight excluding hydrogens is 496 g/mol. The van der Waals surface area contributed by atoms with Crippen molar-refractivity contribution in [3.63, 3.8) is 0 Å². The minimum atomic E-state index is -0.422. The number of amides is 2. The van der Waals surface area contributed by atoms with Crippen molar-refractivity contribution in [3.05, 3.63) is 108 Å². The molecule has 0 spiro atoms. The van der Waals surface area contributed by atoms with Crippen molar-refractivity contribution in [1.82, 2.24) is 10.8 Å². The molecule has 1 atom stereocenters. The van der Waals surface area contributed by atoms with Crippen LogP contribution in [0.3, 0.4) is 0 Å². The van der Waals surface area contributed by atoms with E-state index in [1.165, 1.54) is 0 Å². The summed E-state index contributed by atoms with van der Waals surface area (Å²) in [5.74, 6) is 0.686. The SMILES string of the molecule is O=C(NCc1ccco1)C(=Cc1ccc(C(=O)NOC2CCCCO2)cc1)COc1cccc2ccccc12. The quantitative estimate of drug-likeness (QED) is 0.212. The molecule has 8 heteroatoms. The summed E-state index contributed by atoms with van der Waals surface area (Å²) >= 11 is 0. The second kappa shape index (κ2) is 12.9. The molecular formula is C31H30N2O6. The van der Waals surface area contributed by atoms with Crippen LogP contribution in [-0.4, -0.2) is 31.3 Å². The van der Waals surface area contributed by atoms with Crippen molar-refractivity contribution in [3.8, 4) is 5.75 Å². The topological polar surface area (TPSA) is 99.0 Å². The number of furan rings is 1. The molecule has 8 nitrogen and oxygen atoms in total. The van der Waals surface area contributed by atoms with E-state index < -0.39 is 6.29 Å². The van der Waals surface area contributed by atoms with E-state index in [1.807, 2.05) is 42.5 Å². The number of benzene rings is 3. The van der Waals surface area contributed by atoms with E-state index in [9.17, 15) is 9.59 Å². The summed E-state index contributed by atoms with van der Waals surface area (Å²) in [6.45, 7) is 0.930. The molecule has 1 fully saturated rings. The van der Waals surface area contributed by atoms with Crippen LogP contribution in [0.15, 0.2) is 95.1 Å². The first-order valence-corrected chi connectivity index (χ1v) is 12.9. The monoisotopic (exact) mass is 526 g/mol. The third-order valence-electron chi connectivity index (χ3n) is 6.36. The van der Waals surface area contributed by atoms with E-state index in [0.29, 0.717) is 29.3 Å². The molecule has 1 saturated heterocycles. The molecule has 4 aromatic rings. The number of hydroxylamine groups is 1. The lowest BCUT2D eigenvalue weighted by Gasteiger charge is -2.22. The molecule has 2 heterocycles. The van der Waals surface area contributed by atoms with Gasteiger partial charge in [0, 0.05) is 24.0 Å². The van der Waals surface area contributed by atoms with Gasteiger partial charge < -0.3 is 19.2 Å². The van der Waals surface area contributed by atoms with Gasteiger partial charge in [0.1, 0.15) is 18.1 Å². The number of carbonyl (C=O) groups is 2. The first kappa shape index (κ1) is 26.2.